The summed E-state index contributed by atoms with van der Waals surface area (Å²) >= 11 is 0. The van der Waals surface area contributed by atoms with E-state index in [0.717, 1.165) is 31.8 Å². The van der Waals surface area contributed by atoms with Crippen LogP contribution < -0.4 is 0 Å². The summed E-state index contributed by atoms with van der Waals surface area (Å²) in [5.41, 5.74) is 9.92. The van der Waals surface area contributed by atoms with Gasteiger partial charge in [-0.05, 0) is 129 Å². The van der Waals surface area contributed by atoms with Crippen molar-refractivity contribution in [2.45, 2.75) is 76.8 Å². The number of hydrogen-bond acceptors (Lipinski definition) is 3. The van der Waals surface area contributed by atoms with Crippen LogP contribution in [0.25, 0.3) is 11.1 Å². The number of piperidine rings is 2. The molecule has 1 N–H and O–H groups in total. The number of nitrogens with zero attached hydrogens (tertiary/aromatic N) is 2. The molecule has 6 rings (SSSR count). The van der Waals surface area contributed by atoms with Crippen LogP contribution in [0, 0.1) is 0 Å². The molecular formula is C28H36N2O. The maximum absolute atomic E-state index is 10.7. The van der Waals surface area contributed by atoms with Gasteiger partial charge in [-0.1, -0.05) is 24.6 Å². The van der Waals surface area contributed by atoms with E-state index < -0.39 is 0 Å². The van der Waals surface area contributed by atoms with E-state index in [4.69, 9.17) is 0 Å². The largest absolute Gasteiger partial charge is 0.508 e. The highest BCUT2D eigenvalue weighted by Crippen LogP contribution is 2.45. The zero-order chi connectivity index (χ0) is 20.8. The lowest BCUT2D eigenvalue weighted by atomic mass is 9.85. The van der Waals surface area contributed by atoms with Crippen LogP contribution in [-0.2, 0) is 25.8 Å². The molecule has 164 valence electrons. The molecule has 0 atom stereocenters. The van der Waals surface area contributed by atoms with Gasteiger partial charge in [-0.15, -0.1) is 0 Å². The third kappa shape index (κ3) is 3.60. The van der Waals surface area contributed by atoms with Crippen LogP contribution in [-0.4, -0.2) is 47.1 Å². The molecule has 2 aliphatic carbocycles. The molecule has 2 saturated heterocycles. The van der Waals surface area contributed by atoms with Crippen LogP contribution in [0.4, 0.5) is 0 Å². The van der Waals surface area contributed by atoms with Crippen molar-refractivity contribution in [3.63, 3.8) is 0 Å². The van der Waals surface area contributed by atoms with Gasteiger partial charge in [0, 0.05) is 12.6 Å². The maximum Gasteiger partial charge on any atom is 0.119 e. The second-order valence-electron chi connectivity index (χ2n) is 10.3. The van der Waals surface area contributed by atoms with E-state index in [2.05, 4.69) is 34.1 Å². The van der Waals surface area contributed by atoms with Gasteiger partial charge in [0.2, 0.25) is 0 Å². The molecule has 2 fully saturated rings. The summed E-state index contributed by atoms with van der Waals surface area (Å²) in [6, 6.07) is 9.76. The summed E-state index contributed by atoms with van der Waals surface area (Å²) in [5, 5.41) is 10.7. The SMILES string of the molecule is Oc1cc2c(c3c1CCCC3)Cc1c(CN3CCC(N4CCCCC4)CC3)cccc1-2. The standard InChI is InChI=1S/C28H36N2O/c31-28-18-27-23-10-6-7-20(25(23)17-26(27)22-8-2-3-9-24(22)28)19-29-15-11-21(12-16-29)30-13-4-1-5-14-30/h6-7,10,18,21,31H,1-5,8-9,11-17,19H2. The number of benzene rings is 2. The Morgan fingerprint density at radius 1 is 0.774 bits per heavy atom. The van der Waals surface area contributed by atoms with Crippen molar-refractivity contribution in [3.8, 4) is 16.9 Å². The second kappa shape index (κ2) is 8.26. The Kier molecular flexibility index (Phi) is 5.28. The van der Waals surface area contributed by atoms with Crippen LogP contribution in [0.2, 0.25) is 0 Å². The van der Waals surface area contributed by atoms with E-state index in [9.17, 15) is 5.11 Å². The minimum absolute atomic E-state index is 0.534. The number of fused-ring (bicyclic) bond motifs is 5. The lowest BCUT2D eigenvalue weighted by Gasteiger charge is -2.40. The number of likely N-dealkylation sites (tertiary alicyclic amines) is 2. The molecule has 2 aliphatic heterocycles. The summed E-state index contributed by atoms with van der Waals surface area (Å²) < 4.78 is 0. The van der Waals surface area contributed by atoms with Gasteiger partial charge in [0.1, 0.15) is 5.75 Å². The highest BCUT2D eigenvalue weighted by Gasteiger charge is 2.30. The summed E-state index contributed by atoms with van der Waals surface area (Å²) in [7, 11) is 0. The fourth-order valence-electron chi connectivity index (χ4n) is 6.82. The van der Waals surface area contributed by atoms with Gasteiger partial charge in [0.15, 0.2) is 0 Å². The van der Waals surface area contributed by atoms with E-state index >= 15 is 0 Å². The topological polar surface area (TPSA) is 26.7 Å². The summed E-state index contributed by atoms with van der Waals surface area (Å²) in [5.74, 6) is 0.534. The first kappa shape index (κ1) is 19.8. The van der Waals surface area contributed by atoms with E-state index in [1.54, 1.807) is 0 Å². The van der Waals surface area contributed by atoms with Crippen molar-refractivity contribution in [2.75, 3.05) is 26.2 Å². The molecular weight excluding hydrogens is 380 g/mol. The number of phenols is 1. The minimum Gasteiger partial charge on any atom is -0.508 e. The molecule has 3 nitrogen and oxygen atoms in total. The molecule has 3 heteroatoms. The number of hydrogen-bond donors (Lipinski definition) is 1. The van der Waals surface area contributed by atoms with E-state index in [1.807, 2.05) is 0 Å². The number of phenolic OH excluding ortho intramolecular Hbond substituents is 1. The third-order valence-electron chi connectivity index (χ3n) is 8.52. The number of aromatic hydroxyl groups is 1. The molecule has 0 radical (unpaired) electrons. The first-order valence-electron chi connectivity index (χ1n) is 12.7. The molecule has 0 saturated carbocycles. The van der Waals surface area contributed by atoms with Gasteiger partial charge >= 0.3 is 0 Å². The van der Waals surface area contributed by atoms with Crippen molar-refractivity contribution < 1.29 is 5.11 Å². The van der Waals surface area contributed by atoms with Gasteiger partial charge in [-0.25, -0.2) is 0 Å². The molecule has 0 aromatic heterocycles. The Labute approximate surface area is 187 Å². The van der Waals surface area contributed by atoms with Crippen molar-refractivity contribution in [1.29, 1.82) is 0 Å². The smallest absolute Gasteiger partial charge is 0.119 e. The Morgan fingerprint density at radius 3 is 2.35 bits per heavy atom. The van der Waals surface area contributed by atoms with Gasteiger partial charge in [-0.3, -0.25) is 4.90 Å². The zero-order valence-electron chi connectivity index (χ0n) is 18.8. The fourth-order valence-corrected chi connectivity index (χ4v) is 6.82. The molecule has 2 aromatic rings. The third-order valence-corrected chi connectivity index (χ3v) is 8.52. The van der Waals surface area contributed by atoms with Crippen LogP contribution in [0.5, 0.6) is 5.75 Å². The minimum atomic E-state index is 0.534. The highest BCUT2D eigenvalue weighted by atomic mass is 16.3. The quantitative estimate of drug-likeness (QED) is 0.628. The molecule has 0 spiro atoms. The zero-order valence-corrected chi connectivity index (χ0v) is 18.8. The normalized spacial score (nSPS) is 22.2. The predicted octanol–water partition coefficient (Wildman–Crippen LogP) is 5.29. The summed E-state index contributed by atoms with van der Waals surface area (Å²) in [4.78, 5) is 5.46. The monoisotopic (exact) mass is 416 g/mol. The second-order valence-corrected chi connectivity index (χ2v) is 10.3. The van der Waals surface area contributed by atoms with Gasteiger partial charge in [0.25, 0.3) is 0 Å². The molecule has 0 bridgehead atoms. The lowest BCUT2D eigenvalue weighted by Crippen LogP contribution is -2.46. The first-order valence-corrected chi connectivity index (χ1v) is 12.7. The predicted molar refractivity (Wildman–Crippen MR) is 127 cm³/mol. The molecule has 0 amide bonds. The van der Waals surface area contributed by atoms with Crippen molar-refractivity contribution in [2.24, 2.45) is 0 Å². The van der Waals surface area contributed by atoms with Crippen LogP contribution >= 0.6 is 0 Å². The Hall–Kier alpha value is -1.84. The summed E-state index contributed by atoms with van der Waals surface area (Å²) in [6.07, 6.45) is 12.6. The van der Waals surface area contributed by atoms with E-state index in [0.29, 0.717) is 5.75 Å². The Bertz CT molecular complexity index is 967. The maximum atomic E-state index is 10.7. The van der Waals surface area contributed by atoms with Gasteiger partial charge in [0.05, 0.1) is 0 Å². The van der Waals surface area contributed by atoms with Crippen LogP contribution in [0.1, 0.15) is 72.8 Å². The molecule has 4 aliphatic rings. The van der Waals surface area contributed by atoms with E-state index in [-0.39, 0.29) is 0 Å². The highest BCUT2D eigenvalue weighted by molar-refractivity contribution is 5.81. The van der Waals surface area contributed by atoms with Crippen LogP contribution in [0.3, 0.4) is 0 Å². The van der Waals surface area contributed by atoms with Crippen molar-refractivity contribution >= 4 is 0 Å². The molecule has 2 heterocycles. The first-order chi connectivity index (χ1) is 15.3. The van der Waals surface area contributed by atoms with Gasteiger partial charge in [-0.2, -0.15) is 0 Å². The average Bonchev–Trinajstić information content (AvgIpc) is 3.20. The molecule has 31 heavy (non-hydrogen) atoms. The van der Waals surface area contributed by atoms with Crippen molar-refractivity contribution in [3.05, 3.63) is 52.1 Å². The molecule has 2 aromatic carbocycles. The number of rotatable bonds is 3. The van der Waals surface area contributed by atoms with Gasteiger partial charge < -0.3 is 10.0 Å². The Morgan fingerprint density at radius 2 is 1.55 bits per heavy atom. The lowest BCUT2D eigenvalue weighted by molar-refractivity contribution is 0.0896. The van der Waals surface area contributed by atoms with E-state index in [1.165, 1.54) is 110 Å². The Balaban J connectivity index is 1.20. The van der Waals surface area contributed by atoms with Crippen LogP contribution in [0.15, 0.2) is 24.3 Å². The summed E-state index contributed by atoms with van der Waals surface area (Å²) in [6.45, 7) is 6.19. The van der Waals surface area contributed by atoms with Crippen molar-refractivity contribution in [1.82, 2.24) is 9.80 Å². The average molecular weight is 417 g/mol. The molecule has 0 unspecified atom stereocenters. The fraction of sp³-hybridized carbons (Fsp3) is 0.571.